The number of hydrogen-bond acceptors (Lipinski definition) is 1. The maximum Gasteiger partial charge on any atom is 0.327 e. The van der Waals surface area contributed by atoms with Gasteiger partial charge in [0.25, 0.3) is 0 Å². The number of aliphatic carboxylic acids is 1. The molecule has 0 radical (unpaired) electrons. The van der Waals surface area contributed by atoms with Crippen molar-refractivity contribution in [1.29, 1.82) is 0 Å². The van der Waals surface area contributed by atoms with Gasteiger partial charge in [0.15, 0.2) is 0 Å². The van der Waals surface area contributed by atoms with Crippen molar-refractivity contribution >= 4 is 44.4 Å². The van der Waals surface area contributed by atoms with Crippen molar-refractivity contribution in [3.63, 3.8) is 0 Å². The number of fused-ring (bicyclic) bond motifs is 3. The summed E-state index contributed by atoms with van der Waals surface area (Å²) < 4.78 is 0. The zero-order valence-corrected chi connectivity index (χ0v) is 13.8. The van der Waals surface area contributed by atoms with Crippen LogP contribution in [0.2, 0.25) is 0 Å². The van der Waals surface area contributed by atoms with Crippen molar-refractivity contribution in [2.24, 2.45) is 0 Å². The van der Waals surface area contributed by atoms with Gasteiger partial charge < -0.3 is 5.11 Å². The Morgan fingerprint density at radius 2 is 1.28 bits per heavy atom. The summed E-state index contributed by atoms with van der Waals surface area (Å²) in [5.74, 6) is -0.981. The van der Waals surface area contributed by atoms with Gasteiger partial charge in [0.2, 0.25) is 0 Å². The molecule has 122 valence electrons. The van der Waals surface area contributed by atoms with E-state index in [2.05, 4.69) is 79.9 Å². The third kappa shape index (κ3) is 3.43. The van der Waals surface area contributed by atoms with Crippen molar-refractivity contribution in [3.8, 4) is 0 Å². The highest BCUT2D eigenvalue weighted by Crippen LogP contribution is 2.29. The lowest BCUT2D eigenvalue weighted by Gasteiger charge is -2.07. The second-order valence-corrected chi connectivity index (χ2v) is 5.71. The van der Waals surface area contributed by atoms with Crippen LogP contribution in [-0.2, 0) is 4.79 Å². The molecular weight excluding hydrogens is 308 g/mol. The first-order valence-electron chi connectivity index (χ1n) is 7.95. The molecule has 0 aliphatic carbocycles. The number of benzene rings is 4. The van der Waals surface area contributed by atoms with E-state index in [1.165, 1.54) is 37.9 Å². The van der Waals surface area contributed by atoms with Gasteiger partial charge in [-0.15, -0.1) is 0 Å². The van der Waals surface area contributed by atoms with Gasteiger partial charge in [0, 0.05) is 6.08 Å². The van der Waals surface area contributed by atoms with Crippen molar-refractivity contribution in [3.05, 3.63) is 91.5 Å². The number of carboxylic acid groups (broad SMARTS) is 1. The molecular formula is C23H18O2. The van der Waals surface area contributed by atoms with Gasteiger partial charge in [-0.2, -0.15) is 0 Å². The Bertz CT molecular complexity index is 1110. The van der Waals surface area contributed by atoms with E-state index in [0.717, 1.165) is 6.08 Å². The summed E-state index contributed by atoms with van der Waals surface area (Å²) in [6.07, 6.45) is 2.76. The maximum atomic E-state index is 9.25. The normalized spacial score (nSPS) is 10.2. The first kappa shape index (κ1) is 16.5. The molecule has 0 aromatic heterocycles. The highest BCUT2D eigenvalue weighted by Gasteiger charge is 2.02. The fourth-order valence-electron chi connectivity index (χ4n) is 2.92. The molecule has 0 aliphatic heterocycles. The number of hydrogen-bond donors (Lipinski definition) is 1. The Balaban J connectivity index is 0.000000324. The first-order chi connectivity index (χ1) is 12.1. The Morgan fingerprint density at radius 3 is 1.84 bits per heavy atom. The number of rotatable bonds is 2. The van der Waals surface area contributed by atoms with Crippen LogP contribution in [0.4, 0.5) is 0 Å². The predicted molar refractivity (Wildman–Crippen MR) is 107 cm³/mol. The van der Waals surface area contributed by atoms with Crippen LogP contribution in [0.5, 0.6) is 0 Å². The molecule has 0 aliphatic rings. The summed E-state index contributed by atoms with van der Waals surface area (Å²) in [5.41, 5.74) is 1.19. The maximum absolute atomic E-state index is 9.25. The molecule has 4 rings (SSSR count). The van der Waals surface area contributed by atoms with E-state index in [1.54, 1.807) is 0 Å². The number of carbonyl (C=O) groups is 1. The lowest BCUT2D eigenvalue weighted by molar-refractivity contribution is -0.131. The van der Waals surface area contributed by atoms with Crippen LogP contribution in [-0.4, -0.2) is 11.1 Å². The second kappa shape index (κ2) is 7.02. The third-order valence-electron chi connectivity index (χ3n) is 4.13. The van der Waals surface area contributed by atoms with Crippen molar-refractivity contribution in [2.75, 3.05) is 0 Å². The van der Waals surface area contributed by atoms with Crippen LogP contribution in [0, 0.1) is 0 Å². The van der Waals surface area contributed by atoms with E-state index in [0.29, 0.717) is 0 Å². The van der Waals surface area contributed by atoms with Gasteiger partial charge in [-0.25, -0.2) is 4.79 Å². The lowest BCUT2D eigenvalue weighted by Crippen LogP contribution is -1.82. The minimum absolute atomic E-state index is 0.833. The molecule has 0 amide bonds. The zero-order valence-electron chi connectivity index (χ0n) is 13.8. The molecule has 4 aromatic rings. The largest absolute Gasteiger partial charge is 0.478 e. The van der Waals surface area contributed by atoms with E-state index < -0.39 is 5.97 Å². The predicted octanol–water partition coefficient (Wildman–Crippen LogP) is 6.05. The van der Waals surface area contributed by atoms with Gasteiger partial charge in [-0.3, -0.25) is 0 Å². The monoisotopic (exact) mass is 326 g/mol. The van der Waals surface area contributed by atoms with Gasteiger partial charge in [-0.1, -0.05) is 61.7 Å². The zero-order chi connectivity index (χ0) is 17.8. The van der Waals surface area contributed by atoms with Gasteiger partial charge in [0.1, 0.15) is 0 Å². The van der Waals surface area contributed by atoms with Crippen LogP contribution >= 0.6 is 0 Å². The van der Waals surface area contributed by atoms with Crippen LogP contribution < -0.4 is 0 Å². The molecule has 0 spiro atoms. The smallest absolute Gasteiger partial charge is 0.327 e. The van der Waals surface area contributed by atoms with E-state index in [1.807, 2.05) is 6.08 Å². The first-order valence-corrected chi connectivity index (χ1v) is 7.95. The van der Waals surface area contributed by atoms with Crippen LogP contribution in [0.3, 0.4) is 0 Å². The Hall–Kier alpha value is -3.39. The molecule has 0 fully saturated rings. The van der Waals surface area contributed by atoms with Crippen molar-refractivity contribution in [1.82, 2.24) is 0 Å². The Kier molecular flexibility index (Phi) is 4.62. The molecule has 0 unspecified atom stereocenters. The Labute approximate surface area is 146 Å². The van der Waals surface area contributed by atoms with E-state index in [-0.39, 0.29) is 0 Å². The van der Waals surface area contributed by atoms with Crippen LogP contribution in [0.1, 0.15) is 5.56 Å². The summed E-state index contributed by atoms with van der Waals surface area (Å²) in [6.45, 7) is 6.87. The quantitative estimate of drug-likeness (QED) is 0.360. The third-order valence-corrected chi connectivity index (χ3v) is 4.13. The van der Waals surface area contributed by atoms with Crippen molar-refractivity contribution < 1.29 is 9.90 Å². The standard InChI is InChI=1S/C20H14.C3H4O2/c1-2-14-8-5-9-17-12-18-10-15-6-3-4-7-16(15)11-19(18)13-20(14)17;1-2-3(4)5/h2-13H,1H2;2H,1H2,(H,4,5). The molecule has 0 bridgehead atoms. The lowest BCUT2D eigenvalue weighted by atomic mass is 9.97. The molecule has 0 saturated carbocycles. The van der Waals surface area contributed by atoms with E-state index >= 15 is 0 Å². The highest BCUT2D eigenvalue weighted by molar-refractivity contribution is 6.06. The number of carboxylic acids is 1. The van der Waals surface area contributed by atoms with Crippen molar-refractivity contribution in [2.45, 2.75) is 0 Å². The fraction of sp³-hybridized carbons (Fsp3) is 0. The molecule has 0 heterocycles. The summed E-state index contributed by atoms with van der Waals surface area (Å²) in [5, 5.41) is 15.3. The summed E-state index contributed by atoms with van der Waals surface area (Å²) in [7, 11) is 0. The average molecular weight is 326 g/mol. The SMILES string of the molecule is C=CC(=O)O.C=Cc1cccc2cc3cc4ccccc4cc3cc12. The molecule has 0 saturated heterocycles. The molecule has 25 heavy (non-hydrogen) atoms. The summed E-state index contributed by atoms with van der Waals surface area (Å²) in [4.78, 5) is 9.25. The molecule has 4 aromatic carbocycles. The Morgan fingerprint density at radius 1 is 0.760 bits per heavy atom. The average Bonchev–Trinajstić information content (AvgIpc) is 2.64. The van der Waals surface area contributed by atoms with Gasteiger partial charge in [-0.05, 0) is 62.1 Å². The molecule has 2 nitrogen and oxygen atoms in total. The topological polar surface area (TPSA) is 37.3 Å². The van der Waals surface area contributed by atoms with E-state index in [4.69, 9.17) is 5.11 Å². The van der Waals surface area contributed by atoms with E-state index in [9.17, 15) is 4.79 Å². The minimum Gasteiger partial charge on any atom is -0.478 e. The van der Waals surface area contributed by atoms with Gasteiger partial charge >= 0.3 is 5.97 Å². The highest BCUT2D eigenvalue weighted by atomic mass is 16.4. The minimum atomic E-state index is -0.981. The van der Waals surface area contributed by atoms with Crippen LogP contribution in [0.15, 0.2) is 86.0 Å². The fourth-order valence-corrected chi connectivity index (χ4v) is 2.92. The molecule has 0 atom stereocenters. The molecule has 1 N–H and O–H groups in total. The summed E-state index contributed by atoms with van der Waals surface area (Å²) >= 11 is 0. The van der Waals surface area contributed by atoms with Crippen LogP contribution in [0.25, 0.3) is 38.4 Å². The second-order valence-electron chi connectivity index (χ2n) is 5.71. The van der Waals surface area contributed by atoms with Gasteiger partial charge in [0.05, 0.1) is 0 Å². The summed E-state index contributed by atoms with van der Waals surface area (Å²) in [6, 6.07) is 23.9. The molecule has 2 heteroatoms.